The van der Waals surface area contributed by atoms with E-state index in [4.69, 9.17) is 19.2 Å². The van der Waals surface area contributed by atoms with Crippen LogP contribution in [0.4, 0.5) is 5.69 Å². The molecule has 1 saturated heterocycles. The number of carbonyl (C=O) groups excluding carboxylic acids is 4. The molecule has 0 radical (unpaired) electrons. The average Bonchev–Trinajstić information content (AvgIpc) is 3.46. The molecule has 3 atom stereocenters. The van der Waals surface area contributed by atoms with Crippen molar-refractivity contribution in [3.63, 3.8) is 0 Å². The van der Waals surface area contributed by atoms with Gasteiger partial charge in [-0.2, -0.15) is 0 Å². The second kappa shape index (κ2) is 10.2. The monoisotopic (exact) mass is 557 g/mol. The highest BCUT2D eigenvalue weighted by atomic mass is 16.5. The molecular formula is C31H31N3O7. The lowest BCUT2D eigenvalue weighted by Gasteiger charge is -2.41. The summed E-state index contributed by atoms with van der Waals surface area (Å²) >= 11 is 0. The van der Waals surface area contributed by atoms with E-state index in [9.17, 15) is 19.2 Å². The Morgan fingerprint density at radius 1 is 0.902 bits per heavy atom. The van der Waals surface area contributed by atoms with Gasteiger partial charge in [-0.1, -0.05) is 55.0 Å². The first kappa shape index (κ1) is 26.7. The fourth-order valence-electron chi connectivity index (χ4n) is 6.78. The minimum atomic E-state index is -1.12. The number of anilines is 1. The van der Waals surface area contributed by atoms with Crippen molar-refractivity contribution in [3.05, 3.63) is 77.0 Å². The number of hydrogen-bond donors (Lipinski definition) is 0. The fourth-order valence-corrected chi connectivity index (χ4v) is 6.78. The summed E-state index contributed by atoms with van der Waals surface area (Å²) in [5.41, 5.74) is 1.25. The molecule has 4 aliphatic rings. The Kier molecular flexibility index (Phi) is 6.63. The zero-order valence-electron chi connectivity index (χ0n) is 23.2. The summed E-state index contributed by atoms with van der Waals surface area (Å²) < 4.78 is 15.5. The minimum absolute atomic E-state index is 0.0248. The highest BCUT2D eigenvalue weighted by Gasteiger charge is 2.68. The van der Waals surface area contributed by atoms with Gasteiger partial charge in [0.1, 0.15) is 11.9 Å². The third-order valence-electron chi connectivity index (χ3n) is 8.82. The molecule has 1 aliphatic carbocycles. The predicted octanol–water partition coefficient (Wildman–Crippen LogP) is 2.90. The predicted molar refractivity (Wildman–Crippen MR) is 148 cm³/mol. The number of amides is 1. The van der Waals surface area contributed by atoms with Gasteiger partial charge in [-0.05, 0) is 36.5 Å². The number of amidine groups is 1. The molecule has 0 N–H and O–H groups in total. The molecule has 2 aromatic carbocycles. The number of carbonyl (C=O) groups is 4. The third kappa shape index (κ3) is 3.88. The molecule has 3 heterocycles. The highest BCUT2D eigenvalue weighted by molar-refractivity contribution is 6.17. The Bertz CT molecular complexity index is 1500. The molecule has 10 heteroatoms. The van der Waals surface area contributed by atoms with Crippen molar-refractivity contribution >= 4 is 35.3 Å². The fraction of sp³-hybridized carbons (Fsp3) is 0.387. The molecule has 212 valence electrons. The Balaban J connectivity index is 1.65. The Morgan fingerprint density at radius 2 is 1.59 bits per heavy atom. The second-order valence-electron chi connectivity index (χ2n) is 10.8. The van der Waals surface area contributed by atoms with Gasteiger partial charge in [-0.3, -0.25) is 9.69 Å². The standard InChI is InChI=1S/C31H31N3O7/c1-39-27(36)22-16-31-20-14-7-8-15-21(20)33(17-18-10-5-4-6-11-18)25(31)23(28(37)40-2)24(29(38)41-3)32-30(31)34(22)26(35)19-12-9-13-19/h4-8,10-11,14-15,19,22,25H,9,12-13,16-17H2,1-3H3/t22-,25-,31-/m0/s1. The lowest BCUT2D eigenvalue weighted by molar-refractivity contribution is -0.151. The summed E-state index contributed by atoms with van der Waals surface area (Å²) in [7, 11) is 3.74. The zero-order valence-corrected chi connectivity index (χ0v) is 23.2. The summed E-state index contributed by atoms with van der Waals surface area (Å²) in [6, 6.07) is 15.6. The topological polar surface area (TPSA) is 115 Å². The Labute approximate surface area is 237 Å². The van der Waals surface area contributed by atoms with Gasteiger partial charge in [0.2, 0.25) is 5.91 Å². The molecule has 41 heavy (non-hydrogen) atoms. The van der Waals surface area contributed by atoms with Crippen LogP contribution in [0.3, 0.4) is 0 Å². The number of nitrogens with zero attached hydrogens (tertiary/aromatic N) is 3. The second-order valence-corrected chi connectivity index (χ2v) is 10.8. The van der Waals surface area contributed by atoms with Gasteiger partial charge in [0.25, 0.3) is 0 Å². The van der Waals surface area contributed by atoms with Crippen LogP contribution in [0.5, 0.6) is 0 Å². The van der Waals surface area contributed by atoms with Crippen LogP contribution in [0.15, 0.2) is 70.9 Å². The number of likely N-dealkylation sites (tertiary alicyclic amines) is 1. The van der Waals surface area contributed by atoms with Gasteiger partial charge in [-0.15, -0.1) is 0 Å². The van der Waals surface area contributed by atoms with Crippen molar-refractivity contribution in [3.8, 4) is 0 Å². The maximum Gasteiger partial charge on any atom is 0.357 e. The Hall–Kier alpha value is -4.47. The van der Waals surface area contributed by atoms with Crippen LogP contribution in [0.2, 0.25) is 0 Å². The largest absolute Gasteiger partial charge is 0.467 e. The molecule has 1 saturated carbocycles. The van der Waals surface area contributed by atoms with Crippen molar-refractivity contribution < 1.29 is 33.4 Å². The average molecular weight is 558 g/mol. The molecule has 0 bridgehead atoms. The summed E-state index contributed by atoms with van der Waals surface area (Å²) in [6.07, 6.45) is 2.45. The van der Waals surface area contributed by atoms with Crippen molar-refractivity contribution in [1.29, 1.82) is 0 Å². The first-order valence-electron chi connectivity index (χ1n) is 13.7. The highest BCUT2D eigenvalue weighted by Crippen LogP contribution is 2.58. The first-order valence-corrected chi connectivity index (χ1v) is 13.7. The SMILES string of the molecule is COC(=O)C1=C(C(=O)OC)[C@@H]2N(Cc3ccccc3)c3ccccc3[C@@]23C[C@@H](C(=O)OC)N(C(=O)C2CCC2)C3=N1. The van der Waals surface area contributed by atoms with Crippen LogP contribution in [0.25, 0.3) is 0 Å². The number of hydrogen-bond acceptors (Lipinski definition) is 9. The van der Waals surface area contributed by atoms with E-state index < -0.39 is 35.4 Å². The van der Waals surface area contributed by atoms with Crippen LogP contribution < -0.4 is 4.90 Å². The number of ether oxygens (including phenoxy) is 3. The molecule has 1 amide bonds. The van der Waals surface area contributed by atoms with E-state index in [-0.39, 0.29) is 35.4 Å². The summed E-state index contributed by atoms with van der Waals surface area (Å²) in [6.45, 7) is 0.381. The molecule has 0 aromatic heterocycles. The maximum atomic E-state index is 14.0. The number of rotatable bonds is 6. The Morgan fingerprint density at radius 3 is 2.22 bits per heavy atom. The quantitative estimate of drug-likeness (QED) is 0.394. The number of aliphatic imine (C=N–C) groups is 1. The van der Waals surface area contributed by atoms with Gasteiger partial charge in [0, 0.05) is 18.2 Å². The molecule has 10 nitrogen and oxygen atoms in total. The molecule has 2 fully saturated rings. The molecule has 6 rings (SSSR count). The third-order valence-corrected chi connectivity index (χ3v) is 8.82. The molecule has 0 unspecified atom stereocenters. The van der Waals surface area contributed by atoms with E-state index >= 15 is 0 Å². The summed E-state index contributed by atoms with van der Waals surface area (Å²) in [5.74, 6) is -2.39. The van der Waals surface area contributed by atoms with Crippen molar-refractivity contribution in [2.45, 2.75) is 49.7 Å². The summed E-state index contributed by atoms with van der Waals surface area (Å²) in [4.78, 5) is 62.4. The van der Waals surface area contributed by atoms with Crippen LogP contribution in [0.1, 0.15) is 36.8 Å². The van der Waals surface area contributed by atoms with Crippen molar-refractivity contribution in [2.75, 3.05) is 26.2 Å². The lowest BCUT2D eigenvalue weighted by atomic mass is 9.69. The van der Waals surface area contributed by atoms with Gasteiger partial charge in [0.05, 0.1) is 38.4 Å². The smallest absolute Gasteiger partial charge is 0.357 e. The van der Waals surface area contributed by atoms with Gasteiger partial charge >= 0.3 is 17.9 Å². The number of benzene rings is 2. The van der Waals surface area contributed by atoms with E-state index in [1.165, 1.54) is 26.2 Å². The van der Waals surface area contributed by atoms with E-state index in [1.54, 1.807) is 0 Å². The van der Waals surface area contributed by atoms with Crippen molar-refractivity contribution in [2.24, 2.45) is 10.9 Å². The van der Waals surface area contributed by atoms with E-state index in [0.29, 0.717) is 19.4 Å². The number of esters is 3. The molecule has 2 aromatic rings. The number of para-hydroxylation sites is 1. The van der Waals surface area contributed by atoms with Gasteiger partial charge in [0.15, 0.2) is 5.70 Å². The molecular weight excluding hydrogens is 526 g/mol. The molecule has 3 aliphatic heterocycles. The normalized spacial score (nSPS) is 24.5. The first-order chi connectivity index (χ1) is 19.9. The minimum Gasteiger partial charge on any atom is -0.467 e. The van der Waals surface area contributed by atoms with Crippen LogP contribution in [-0.4, -0.2) is 68.0 Å². The molecule has 1 spiro atoms. The van der Waals surface area contributed by atoms with E-state index in [0.717, 1.165) is 23.2 Å². The maximum absolute atomic E-state index is 14.0. The van der Waals surface area contributed by atoms with Crippen LogP contribution in [0, 0.1) is 5.92 Å². The van der Waals surface area contributed by atoms with Crippen molar-refractivity contribution in [1.82, 2.24) is 4.90 Å². The van der Waals surface area contributed by atoms with Crippen LogP contribution in [-0.2, 0) is 45.3 Å². The van der Waals surface area contributed by atoms with E-state index in [1.807, 2.05) is 59.5 Å². The van der Waals surface area contributed by atoms with Gasteiger partial charge < -0.3 is 19.1 Å². The zero-order chi connectivity index (χ0) is 28.9. The number of fused-ring (bicyclic) bond motifs is 1. The van der Waals surface area contributed by atoms with Gasteiger partial charge in [-0.25, -0.2) is 19.4 Å². The summed E-state index contributed by atoms with van der Waals surface area (Å²) in [5, 5.41) is 0. The van der Waals surface area contributed by atoms with Crippen LogP contribution >= 0.6 is 0 Å². The lowest BCUT2D eigenvalue weighted by Crippen LogP contribution is -2.56. The van der Waals surface area contributed by atoms with E-state index in [2.05, 4.69) is 0 Å². The number of methoxy groups -OCH3 is 3.